The predicted molar refractivity (Wildman–Crippen MR) is 97.2 cm³/mol. The molecular formula is C20H25FN4O2. The third-order valence-corrected chi connectivity index (χ3v) is 5.59. The van der Waals surface area contributed by atoms with Crippen LogP contribution in [0, 0.1) is 11.7 Å². The summed E-state index contributed by atoms with van der Waals surface area (Å²) in [6.07, 6.45) is 3.93. The number of halogens is 1. The van der Waals surface area contributed by atoms with Crippen LogP contribution in [0.5, 0.6) is 0 Å². The zero-order valence-electron chi connectivity index (χ0n) is 15.5. The summed E-state index contributed by atoms with van der Waals surface area (Å²) in [5, 5.41) is 7.06. The molecule has 1 saturated heterocycles. The number of carbonyl (C=O) groups is 1. The standard InChI is InChI=1S/C20H25FN4O2/c1-13(20-23-18(24-27-20)15-4-5-15)25-10-8-16(9-11-25)19(26)22-12-14-2-6-17(21)7-3-14/h2-3,6-7,13,15-16H,4-5,8-12H2,1H3,(H,22,26). The quantitative estimate of drug-likeness (QED) is 0.843. The molecule has 0 radical (unpaired) electrons. The summed E-state index contributed by atoms with van der Waals surface area (Å²) in [4.78, 5) is 19.3. The van der Waals surface area contributed by atoms with Gasteiger partial charge in [-0.1, -0.05) is 17.3 Å². The number of hydrogen-bond donors (Lipinski definition) is 1. The Kier molecular flexibility index (Phi) is 5.20. The number of carbonyl (C=O) groups excluding carboxylic acids is 1. The highest BCUT2D eigenvalue weighted by molar-refractivity contribution is 5.78. The van der Waals surface area contributed by atoms with Gasteiger partial charge in [-0.3, -0.25) is 9.69 Å². The Morgan fingerprint density at radius 3 is 2.63 bits per heavy atom. The van der Waals surface area contributed by atoms with Crippen LogP contribution < -0.4 is 5.32 Å². The van der Waals surface area contributed by atoms with Crippen molar-refractivity contribution in [2.45, 2.75) is 51.1 Å². The van der Waals surface area contributed by atoms with Crippen molar-refractivity contribution in [3.63, 3.8) is 0 Å². The summed E-state index contributed by atoms with van der Waals surface area (Å²) < 4.78 is 18.4. The van der Waals surface area contributed by atoms with Crippen molar-refractivity contribution < 1.29 is 13.7 Å². The van der Waals surface area contributed by atoms with Crippen LogP contribution in [0.2, 0.25) is 0 Å². The number of benzene rings is 1. The first-order valence-electron chi connectivity index (χ1n) is 9.70. The number of amides is 1. The normalized spacial score (nSPS) is 19.8. The van der Waals surface area contributed by atoms with E-state index in [0.29, 0.717) is 18.4 Å². The maximum atomic E-state index is 12.9. The molecule has 1 aliphatic carbocycles. The van der Waals surface area contributed by atoms with E-state index >= 15 is 0 Å². The van der Waals surface area contributed by atoms with E-state index in [2.05, 4.69) is 27.3 Å². The molecule has 2 heterocycles. The van der Waals surface area contributed by atoms with E-state index < -0.39 is 0 Å². The number of nitrogens with zero attached hydrogens (tertiary/aromatic N) is 3. The number of aromatic nitrogens is 2. The molecule has 7 heteroatoms. The molecule has 0 spiro atoms. The minimum Gasteiger partial charge on any atom is -0.352 e. The molecule has 1 amide bonds. The van der Waals surface area contributed by atoms with Crippen molar-refractivity contribution >= 4 is 5.91 Å². The van der Waals surface area contributed by atoms with Gasteiger partial charge in [0.05, 0.1) is 6.04 Å². The van der Waals surface area contributed by atoms with Crippen LogP contribution in [-0.4, -0.2) is 34.0 Å². The molecule has 1 aromatic carbocycles. The van der Waals surface area contributed by atoms with Crippen LogP contribution in [0.25, 0.3) is 0 Å². The fourth-order valence-electron chi connectivity index (χ4n) is 3.57. The summed E-state index contributed by atoms with van der Waals surface area (Å²) in [7, 11) is 0. The highest BCUT2D eigenvalue weighted by Gasteiger charge is 2.32. The number of likely N-dealkylation sites (tertiary alicyclic amines) is 1. The molecule has 0 bridgehead atoms. The summed E-state index contributed by atoms with van der Waals surface area (Å²) >= 11 is 0. The van der Waals surface area contributed by atoms with Gasteiger partial charge in [0.1, 0.15) is 5.82 Å². The molecule has 1 atom stereocenters. The summed E-state index contributed by atoms with van der Waals surface area (Å²) in [5.41, 5.74) is 0.902. The molecular weight excluding hydrogens is 347 g/mol. The van der Waals surface area contributed by atoms with Gasteiger partial charge < -0.3 is 9.84 Å². The monoisotopic (exact) mass is 372 g/mol. The summed E-state index contributed by atoms with van der Waals surface area (Å²) in [6.45, 7) is 4.18. The molecule has 1 aromatic heterocycles. The van der Waals surface area contributed by atoms with Crippen molar-refractivity contribution in [3.8, 4) is 0 Å². The van der Waals surface area contributed by atoms with E-state index in [1.54, 1.807) is 12.1 Å². The molecule has 144 valence electrons. The summed E-state index contributed by atoms with van der Waals surface area (Å²) in [5.74, 6) is 1.82. The van der Waals surface area contributed by atoms with Gasteiger partial charge in [-0.25, -0.2) is 4.39 Å². The van der Waals surface area contributed by atoms with E-state index in [-0.39, 0.29) is 23.7 Å². The van der Waals surface area contributed by atoms with Gasteiger partial charge in [0.2, 0.25) is 11.8 Å². The topological polar surface area (TPSA) is 71.3 Å². The van der Waals surface area contributed by atoms with E-state index in [4.69, 9.17) is 4.52 Å². The van der Waals surface area contributed by atoms with Crippen LogP contribution >= 0.6 is 0 Å². The molecule has 1 aliphatic heterocycles. The second-order valence-electron chi connectivity index (χ2n) is 7.60. The Morgan fingerprint density at radius 2 is 1.96 bits per heavy atom. The smallest absolute Gasteiger partial charge is 0.243 e. The van der Waals surface area contributed by atoms with Gasteiger partial charge in [-0.15, -0.1) is 0 Å². The minimum atomic E-state index is -0.267. The lowest BCUT2D eigenvalue weighted by Crippen LogP contribution is -2.41. The molecule has 2 aromatic rings. The second-order valence-corrected chi connectivity index (χ2v) is 7.60. The Balaban J connectivity index is 1.25. The van der Waals surface area contributed by atoms with Crippen LogP contribution in [0.15, 0.2) is 28.8 Å². The van der Waals surface area contributed by atoms with Crippen molar-refractivity contribution in [3.05, 3.63) is 47.4 Å². The number of piperidine rings is 1. The maximum absolute atomic E-state index is 12.9. The van der Waals surface area contributed by atoms with Gasteiger partial charge in [-0.2, -0.15) is 4.98 Å². The maximum Gasteiger partial charge on any atom is 0.243 e. The van der Waals surface area contributed by atoms with Crippen LogP contribution in [0.3, 0.4) is 0 Å². The van der Waals surface area contributed by atoms with Gasteiger partial charge in [0.15, 0.2) is 5.82 Å². The fourth-order valence-corrected chi connectivity index (χ4v) is 3.57. The molecule has 1 saturated carbocycles. The number of rotatable bonds is 6. The molecule has 4 rings (SSSR count). The van der Waals surface area contributed by atoms with Gasteiger partial charge in [0, 0.05) is 18.4 Å². The van der Waals surface area contributed by atoms with Gasteiger partial charge in [0.25, 0.3) is 0 Å². The minimum absolute atomic E-state index is 0.0126. The average Bonchev–Trinajstić information content (AvgIpc) is 3.43. The predicted octanol–water partition coefficient (Wildman–Crippen LogP) is 3.18. The van der Waals surface area contributed by atoms with Crippen molar-refractivity contribution in [2.75, 3.05) is 13.1 Å². The molecule has 6 nitrogen and oxygen atoms in total. The van der Waals surface area contributed by atoms with E-state index in [1.165, 1.54) is 12.1 Å². The second kappa shape index (κ2) is 7.76. The van der Waals surface area contributed by atoms with Crippen molar-refractivity contribution in [2.24, 2.45) is 5.92 Å². The Morgan fingerprint density at radius 1 is 1.26 bits per heavy atom. The molecule has 1 N–H and O–H groups in total. The lowest BCUT2D eigenvalue weighted by molar-refractivity contribution is -0.126. The van der Waals surface area contributed by atoms with E-state index in [9.17, 15) is 9.18 Å². The lowest BCUT2D eigenvalue weighted by atomic mass is 9.95. The van der Waals surface area contributed by atoms with Crippen LogP contribution in [0.4, 0.5) is 4.39 Å². The fraction of sp³-hybridized carbons (Fsp3) is 0.550. The summed E-state index contributed by atoms with van der Waals surface area (Å²) in [6, 6.07) is 6.29. The van der Waals surface area contributed by atoms with Crippen LogP contribution in [0.1, 0.15) is 61.8 Å². The van der Waals surface area contributed by atoms with Crippen molar-refractivity contribution in [1.82, 2.24) is 20.4 Å². The third-order valence-electron chi connectivity index (χ3n) is 5.59. The first-order chi connectivity index (χ1) is 13.1. The first-order valence-corrected chi connectivity index (χ1v) is 9.70. The van der Waals surface area contributed by atoms with Gasteiger partial charge in [-0.05, 0) is 63.4 Å². The largest absolute Gasteiger partial charge is 0.352 e. The number of hydrogen-bond acceptors (Lipinski definition) is 5. The molecule has 2 aliphatic rings. The Hall–Kier alpha value is -2.28. The molecule has 2 fully saturated rings. The first kappa shape index (κ1) is 18.1. The van der Waals surface area contributed by atoms with E-state index in [1.807, 2.05) is 0 Å². The Labute approximate surface area is 158 Å². The Bertz CT molecular complexity index is 780. The van der Waals surface area contributed by atoms with E-state index in [0.717, 1.165) is 50.2 Å². The van der Waals surface area contributed by atoms with Crippen molar-refractivity contribution in [1.29, 1.82) is 0 Å². The zero-order valence-corrected chi connectivity index (χ0v) is 15.5. The molecule has 27 heavy (non-hydrogen) atoms. The van der Waals surface area contributed by atoms with Crippen LogP contribution in [-0.2, 0) is 11.3 Å². The average molecular weight is 372 g/mol. The highest BCUT2D eigenvalue weighted by Crippen LogP contribution is 2.38. The molecule has 1 unspecified atom stereocenters. The highest BCUT2D eigenvalue weighted by atomic mass is 19.1. The zero-order chi connectivity index (χ0) is 18.8. The third kappa shape index (κ3) is 4.35. The van der Waals surface area contributed by atoms with Gasteiger partial charge >= 0.3 is 0 Å². The lowest BCUT2D eigenvalue weighted by Gasteiger charge is -2.33. The number of nitrogens with one attached hydrogen (secondary N) is 1. The SMILES string of the molecule is CC(c1nc(C2CC2)no1)N1CCC(C(=O)NCc2ccc(F)cc2)CC1.